The lowest BCUT2D eigenvalue weighted by Gasteiger charge is -2.49. The van der Waals surface area contributed by atoms with Gasteiger partial charge in [-0.2, -0.15) is 13.2 Å². The molecule has 3 aliphatic rings. The summed E-state index contributed by atoms with van der Waals surface area (Å²) in [6, 6.07) is 5.79. The molecule has 182 valence electrons. The second kappa shape index (κ2) is 9.07. The van der Waals surface area contributed by atoms with Crippen LogP contribution in [0.1, 0.15) is 41.0 Å². The molecule has 3 aromatic rings. The zero-order valence-electron chi connectivity index (χ0n) is 18.7. The Morgan fingerprint density at radius 2 is 1.94 bits per heavy atom. The normalized spacial score (nSPS) is 21.7. The van der Waals surface area contributed by atoms with Crippen molar-refractivity contribution in [3.05, 3.63) is 64.8 Å². The van der Waals surface area contributed by atoms with E-state index in [1.807, 2.05) is 0 Å². The molecule has 2 bridgehead atoms. The largest absolute Gasteiger partial charge is 0.471 e. The number of hydrogen-bond acceptors (Lipinski definition) is 6. The highest BCUT2D eigenvalue weighted by molar-refractivity contribution is 6.31. The van der Waals surface area contributed by atoms with Crippen molar-refractivity contribution in [2.45, 2.75) is 44.5 Å². The zero-order chi connectivity index (χ0) is 24.7. The lowest BCUT2D eigenvalue weighted by Crippen LogP contribution is -2.59. The summed E-state index contributed by atoms with van der Waals surface area (Å²) in [5.41, 5.74) is 0.530. The molecule has 3 fully saturated rings. The molecule has 35 heavy (non-hydrogen) atoms. The van der Waals surface area contributed by atoms with E-state index in [-0.39, 0.29) is 34.5 Å². The minimum atomic E-state index is -4.55. The molecule has 0 N–H and O–H groups in total. The van der Waals surface area contributed by atoms with Gasteiger partial charge in [0.1, 0.15) is 16.8 Å². The maximum atomic E-state index is 13.7. The molecule has 0 unspecified atom stereocenters. The van der Waals surface area contributed by atoms with Crippen LogP contribution >= 0.6 is 11.6 Å². The van der Waals surface area contributed by atoms with E-state index in [4.69, 9.17) is 16.3 Å². The van der Waals surface area contributed by atoms with E-state index in [1.54, 1.807) is 42.4 Å². The van der Waals surface area contributed by atoms with Gasteiger partial charge in [-0.3, -0.25) is 4.79 Å². The third-order valence-electron chi connectivity index (χ3n) is 6.42. The summed E-state index contributed by atoms with van der Waals surface area (Å²) in [7, 11) is 0. The molecule has 3 aromatic heterocycles. The number of carbonyl (C=O) groups excluding carboxylic acids is 1. The SMILES string of the molecule is Cc1ccc(-c2ncccn2)c(C(=O)N2C[C@@H]3CC[C@H]2[C@H](Oc2ncc(C(F)(F)F)cc2Cl)C3)n1. The molecule has 11 heteroatoms. The molecule has 2 saturated heterocycles. The topological polar surface area (TPSA) is 81.1 Å². The van der Waals surface area contributed by atoms with Gasteiger partial charge in [0.05, 0.1) is 17.2 Å². The fourth-order valence-electron chi connectivity index (χ4n) is 4.78. The van der Waals surface area contributed by atoms with Crippen molar-refractivity contribution < 1.29 is 22.7 Å². The average Bonchev–Trinajstić information content (AvgIpc) is 2.85. The fourth-order valence-corrected chi connectivity index (χ4v) is 4.99. The summed E-state index contributed by atoms with van der Waals surface area (Å²) < 4.78 is 44.9. The molecule has 6 rings (SSSR count). The minimum absolute atomic E-state index is 0.0725. The Kier molecular flexibility index (Phi) is 6.08. The molecule has 2 aliphatic heterocycles. The standard InChI is InChI=1S/C24H21ClF3N5O2/c1-13-3-5-16(21-29-7-2-8-30-21)20(32-13)23(34)33-12-14-4-6-18(33)19(9-14)35-22-17(25)10-15(11-31-22)24(26,27)28/h2-3,5,7-8,10-11,14,18-19H,4,6,9,12H2,1H3/t14-,18+,19-/m1/s1. The number of hydrogen-bond donors (Lipinski definition) is 0. The highest BCUT2D eigenvalue weighted by atomic mass is 35.5. The zero-order valence-corrected chi connectivity index (χ0v) is 19.4. The van der Waals surface area contributed by atoms with Gasteiger partial charge >= 0.3 is 6.18 Å². The average molecular weight is 504 g/mol. The van der Waals surface area contributed by atoms with Gasteiger partial charge in [-0.25, -0.2) is 19.9 Å². The van der Waals surface area contributed by atoms with Gasteiger partial charge in [-0.15, -0.1) is 0 Å². The first-order valence-electron chi connectivity index (χ1n) is 11.2. The number of amides is 1. The number of alkyl halides is 3. The van der Waals surface area contributed by atoms with Crippen LogP contribution in [0.4, 0.5) is 13.2 Å². The van der Waals surface area contributed by atoms with Crippen molar-refractivity contribution >= 4 is 17.5 Å². The van der Waals surface area contributed by atoms with Gasteiger partial charge < -0.3 is 9.64 Å². The predicted molar refractivity (Wildman–Crippen MR) is 121 cm³/mol. The maximum absolute atomic E-state index is 13.7. The molecule has 5 heterocycles. The van der Waals surface area contributed by atoms with Gasteiger partial charge in [0.2, 0.25) is 5.88 Å². The van der Waals surface area contributed by atoms with E-state index in [1.165, 1.54) is 0 Å². The van der Waals surface area contributed by atoms with Crippen LogP contribution in [0.15, 0.2) is 42.9 Å². The molecule has 3 atom stereocenters. The lowest BCUT2D eigenvalue weighted by molar-refractivity contribution is -0.137. The number of fused-ring (bicyclic) bond motifs is 3. The Balaban J connectivity index is 1.42. The molecule has 1 aliphatic carbocycles. The summed E-state index contributed by atoms with van der Waals surface area (Å²) in [5, 5.41) is -0.219. The number of aryl methyl sites for hydroxylation is 1. The van der Waals surface area contributed by atoms with E-state index in [2.05, 4.69) is 19.9 Å². The number of ether oxygens (including phenoxy) is 1. The van der Waals surface area contributed by atoms with Crippen molar-refractivity contribution in [1.29, 1.82) is 0 Å². The van der Waals surface area contributed by atoms with Crippen LogP contribution < -0.4 is 4.74 Å². The van der Waals surface area contributed by atoms with Gasteiger partial charge in [-0.05, 0) is 56.4 Å². The second-order valence-electron chi connectivity index (χ2n) is 8.79. The van der Waals surface area contributed by atoms with Gasteiger partial charge in [0.15, 0.2) is 5.82 Å². The van der Waals surface area contributed by atoms with E-state index < -0.39 is 17.8 Å². The quantitative estimate of drug-likeness (QED) is 0.499. The van der Waals surface area contributed by atoms with Crippen molar-refractivity contribution in [3.8, 4) is 17.3 Å². The van der Waals surface area contributed by atoms with Crippen LogP contribution in [0.2, 0.25) is 5.02 Å². The number of pyridine rings is 2. The molecule has 0 aromatic carbocycles. The summed E-state index contributed by atoms with van der Waals surface area (Å²) >= 11 is 6.07. The predicted octanol–water partition coefficient (Wildman–Crippen LogP) is 4.99. The molecule has 1 amide bonds. The Labute approximate surface area is 204 Å². The Morgan fingerprint density at radius 1 is 1.17 bits per heavy atom. The number of piperidine rings is 2. The second-order valence-corrected chi connectivity index (χ2v) is 9.20. The van der Waals surface area contributed by atoms with Gasteiger partial charge in [0.25, 0.3) is 5.91 Å². The van der Waals surface area contributed by atoms with Crippen LogP contribution in [0.3, 0.4) is 0 Å². The molecule has 0 spiro atoms. The summed E-state index contributed by atoms with van der Waals surface area (Å²) in [4.78, 5) is 32.3. The van der Waals surface area contributed by atoms with E-state index in [9.17, 15) is 18.0 Å². The molecular weight excluding hydrogens is 483 g/mol. The van der Waals surface area contributed by atoms with Crippen molar-refractivity contribution in [1.82, 2.24) is 24.8 Å². The van der Waals surface area contributed by atoms with Crippen molar-refractivity contribution in [3.63, 3.8) is 0 Å². The van der Waals surface area contributed by atoms with Gasteiger partial charge in [0, 0.05) is 30.8 Å². The number of halogens is 4. The molecule has 0 radical (unpaired) electrons. The van der Waals surface area contributed by atoms with Crippen LogP contribution in [-0.4, -0.2) is 49.4 Å². The van der Waals surface area contributed by atoms with Crippen LogP contribution in [0.25, 0.3) is 11.4 Å². The smallest absolute Gasteiger partial charge is 0.417 e. The Hall–Kier alpha value is -3.27. The van der Waals surface area contributed by atoms with E-state index >= 15 is 0 Å². The molecule has 7 nitrogen and oxygen atoms in total. The maximum Gasteiger partial charge on any atom is 0.417 e. The first-order valence-corrected chi connectivity index (χ1v) is 11.5. The van der Waals surface area contributed by atoms with Gasteiger partial charge in [-0.1, -0.05) is 11.6 Å². The number of carbonyl (C=O) groups is 1. The summed E-state index contributed by atoms with van der Waals surface area (Å²) in [6.45, 7) is 2.35. The van der Waals surface area contributed by atoms with Crippen molar-refractivity contribution in [2.24, 2.45) is 5.92 Å². The summed E-state index contributed by atoms with van der Waals surface area (Å²) in [5.74, 6) is 0.254. The monoisotopic (exact) mass is 503 g/mol. The Morgan fingerprint density at radius 3 is 2.63 bits per heavy atom. The fraction of sp³-hybridized carbons (Fsp3) is 0.375. The van der Waals surface area contributed by atoms with Crippen LogP contribution in [0.5, 0.6) is 5.88 Å². The van der Waals surface area contributed by atoms with Crippen LogP contribution in [0, 0.1) is 12.8 Å². The van der Waals surface area contributed by atoms with Crippen LogP contribution in [-0.2, 0) is 6.18 Å². The first kappa shape index (κ1) is 23.5. The van der Waals surface area contributed by atoms with E-state index in [0.29, 0.717) is 42.7 Å². The first-order chi connectivity index (χ1) is 16.7. The third kappa shape index (κ3) is 4.67. The highest BCUT2D eigenvalue weighted by Gasteiger charge is 2.45. The third-order valence-corrected chi connectivity index (χ3v) is 6.69. The number of nitrogens with zero attached hydrogens (tertiary/aromatic N) is 5. The lowest BCUT2D eigenvalue weighted by atomic mass is 9.77. The van der Waals surface area contributed by atoms with Crippen molar-refractivity contribution in [2.75, 3.05) is 6.54 Å². The van der Waals surface area contributed by atoms with E-state index in [0.717, 1.165) is 12.5 Å². The Bertz CT molecular complexity index is 1260. The number of aromatic nitrogens is 4. The number of rotatable bonds is 4. The molecular formula is C24H21ClF3N5O2. The highest BCUT2D eigenvalue weighted by Crippen LogP contribution is 2.40. The molecule has 1 saturated carbocycles. The summed E-state index contributed by atoms with van der Waals surface area (Å²) in [6.07, 6.45) is 1.18. The minimum Gasteiger partial charge on any atom is -0.471 e.